The molecule has 0 saturated heterocycles. The van der Waals surface area contributed by atoms with Crippen molar-refractivity contribution in [2.24, 2.45) is 0 Å². The fourth-order valence-electron chi connectivity index (χ4n) is 0.569. The first-order valence-corrected chi connectivity index (χ1v) is 9.15. The predicted molar refractivity (Wildman–Crippen MR) is 46.7 cm³/mol. The average Bonchev–Trinajstić information content (AvgIpc) is 1.58. The van der Waals surface area contributed by atoms with Crippen LogP contribution in [-0.2, 0) is 7.58 Å². The van der Waals surface area contributed by atoms with Gasteiger partial charge in [0.2, 0.25) is 0 Å². The highest BCUT2D eigenvalue weighted by molar-refractivity contribution is 6.50. The lowest BCUT2D eigenvalue weighted by Crippen LogP contribution is -2.28. The standard InChI is InChI=1S/CHBO2.4CH3.2Al/c2-1(3)4;;;;;;/h1H;4*1H3;;/q-2;;;;;2*+1. The first-order valence-electron chi connectivity index (χ1n) is 3.59. The number of hydrogen-bond donors (Lipinski definition) is 0. The van der Waals surface area contributed by atoms with Gasteiger partial charge in [-0.3, -0.25) is 0 Å². The van der Waals surface area contributed by atoms with Crippen LogP contribution in [0.3, 0.4) is 0 Å². The minimum Gasteiger partial charge on any atom is -0.488 e. The quantitative estimate of drug-likeness (QED) is 0.462. The lowest BCUT2D eigenvalue weighted by Gasteiger charge is -2.18. The van der Waals surface area contributed by atoms with Gasteiger partial charge in [0.25, 0.3) is 0 Å². The molecule has 0 aliphatic heterocycles. The Kier molecular flexibility index (Phi) is 6.26. The fourth-order valence-corrected chi connectivity index (χ4v) is 1.90. The van der Waals surface area contributed by atoms with Gasteiger partial charge in [-0.25, -0.2) is 0 Å². The van der Waals surface area contributed by atoms with Crippen LogP contribution < -0.4 is 0 Å². The van der Waals surface area contributed by atoms with E-state index in [1.807, 2.05) is 0 Å². The van der Waals surface area contributed by atoms with Crippen molar-refractivity contribution in [3.8, 4) is 0 Å². The maximum Gasteiger partial charge on any atom is 0.455 e. The Morgan fingerprint density at radius 1 is 1.00 bits per heavy atom. The van der Waals surface area contributed by atoms with Crippen LogP contribution in [0.25, 0.3) is 0 Å². The first-order chi connectivity index (χ1) is 4.52. The highest BCUT2D eigenvalue weighted by Crippen LogP contribution is 1.95. The Bertz CT molecular complexity index is 79.7. The largest absolute Gasteiger partial charge is 0.488 e. The van der Waals surface area contributed by atoms with Gasteiger partial charge in [0, 0.05) is 0 Å². The van der Waals surface area contributed by atoms with Gasteiger partial charge in [0.1, 0.15) is 7.85 Å². The van der Waals surface area contributed by atoms with Gasteiger partial charge in [0.05, 0.1) is 6.19 Å². The van der Waals surface area contributed by atoms with Crippen LogP contribution in [0.5, 0.6) is 0 Å². The lowest BCUT2D eigenvalue weighted by atomic mass is 10.2. The zero-order valence-electron chi connectivity index (χ0n) is 7.13. The highest BCUT2D eigenvalue weighted by atomic mass is 27.2. The minimum absolute atomic E-state index is 0.460. The molecule has 0 aliphatic carbocycles. The van der Waals surface area contributed by atoms with Crippen LogP contribution in [-0.4, -0.2) is 43.0 Å². The molecule has 0 aromatic heterocycles. The molecule has 0 fully saturated rings. The van der Waals surface area contributed by atoms with Gasteiger partial charge in [-0.15, -0.1) is 0 Å². The summed E-state index contributed by atoms with van der Waals surface area (Å²) < 4.78 is 10.6. The molecule has 2 radical (unpaired) electrons. The predicted octanol–water partition coefficient (Wildman–Crippen LogP) is 0.974. The Hall–Kier alpha value is 1.05. The summed E-state index contributed by atoms with van der Waals surface area (Å²) in [5.41, 5.74) is 0. The van der Waals surface area contributed by atoms with Crippen LogP contribution in [0.2, 0.25) is 23.1 Å². The highest BCUT2D eigenvalue weighted by Gasteiger charge is 2.12. The van der Waals surface area contributed by atoms with Crippen molar-refractivity contribution in [2.45, 2.75) is 29.3 Å². The molecule has 0 bridgehead atoms. The van der Waals surface area contributed by atoms with E-state index in [2.05, 4.69) is 23.1 Å². The molecule has 0 aromatic carbocycles. The van der Waals surface area contributed by atoms with Crippen molar-refractivity contribution >= 4 is 36.8 Å². The summed E-state index contributed by atoms with van der Waals surface area (Å²) in [7, 11) is 5.50. The van der Waals surface area contributed by atoms with Gasteiger partial charge >= 0.3 is 29.0 Å². The second kappa shape index (κ2) is 5.67. The second-order valence-corrected chi connectivity index (χ2v) is 7.48. The zero-order valence-corrected chi connectivity index (χ0v) is 9.44. The molecule has 0 saturated carbocycles. The second-order valence-electron chi connectivity index (χ2n) is 2.74. The summed E-state index contributed by atoms with van der Waals surface area (Å²) in [6, 6.07) is 0. The van der Waals surface area contributed by atoms with E-state index in [-0.39, 0.29) is 0 Å². The third-order valence-corrected chi connectivity index (χ3v) is 2.44. The van der Waals surface area contributed by atoms with Crippen LogP contribution in [0.1, 0.15) is 0 Å². The molecule has 0 spiro atoms. The summed E-state index contributed by atoms with van der Waals surface area (Å²) in [6.07, 6.45) is -0.460. The van der Waals surface area contributed by atoms with E-state index in [9.17, 15) is 0 Å². The van der Waals surface area contributed by atoms with Gasteiger partial charge < -0.3 is 7.58 Å². The molecule has 0 N–H and O–H groups in total. The van der Waals surface area contributed by atoms with Crippen LogP contribution in [0, 0.1) is 0 Å². The summed E-state index contributed by atoms with van der Waals surface area (Å²) in [6.45, 7) is 0. The van der Waals surface area contributed by atoms with E-state index in [1.165, 1.54) is 0 Å². The van der Waals surface area contributed by atoms with Crippen molar-refractivity contribution in [1.29, 1.82) is 0 Å². The molecule has 54 valence electrons. The maximum absolute atomic E-state index is 5.50. The SMILES string of the molecule is [B]C([O][Al]([CH3])[CH3])[O][Al]([CH3])[CH3]. The Morgan fingerprint density at radius 3 is 1.50 bits per heavy atom. The third-order valence-electron chi connectivity index (χ3n) is 0.813. The lowest BCUT2D eigenvalue weighted by molar-refractivity contribution is 0.0762. The first kappa shape index (κ1) is 11.0. The third kappa shape index (κ3) is 7.16. The normalized spacial score (nSPS) is 10.1. The van der Waals surface area contributed by atoms with Gasteiger partial charge in [0.15, 0.2) is 0 Å². The summed E-state index contributed by atoms with van der Waals surface area (Å²) in [5.74, 6) is 8.30. The average molecular weight is 170 g/mol. The topological polar surface area (TPSA) is 18.5 Å². The van der Waals surface area contributed by atoms with Crippen LogP contribution in [0.4, 0.5) is 0 Å². The molecule has 0 atom stereocenters. The smallest absolute Gasteiger partial charge is 0.455 e. The van der Waals surface area contributed by atoms with Crippen molar-refractivity contribution in [3.63, 3.8) is 0 Å². The van der Waals surface area contributed by atoms with E-state index < -0.39 is 35.2 Å². The van der Waals surface area contributed by atoms with Gasteiger partial charge in [-0.05, 0) is 0 Å². The van der Waals surface area contributed by atoms with E-state index in [0.29, 0.717) is 0 Å². The van der Waals surface area contributed by atoms with E-state index in [4.69, 9.17) is 15.4 Å². The van der Waals surface area contributed by atoms with Crippen LogP contribution >= 0.6 is 0 Å². The molecule has 2 nitrogen and oxygen atoms in total. The molecule has 10 heavy (non-hydrogen) atoms. The molecule has 0 aromatic rings. The molecule has 0 aliphatic rings. The minimum atomic E-state index is -1.02. The monoisotopic (exact) mass is 170 g/mol. The summed E-state index contributed by atoms with van der Waals surface area (Å²) in [4.78, 5) is 0. The summed E-state index contributed by atoms with van der Waals surface area (Å²) in [5, 5.41) is 0. The summed E-state index contributed by atoms with van der Waals surface area (Å²) >= 11 is -2.03. The zero-order chi connectivity index (χ0) is 8.15. The van der Waals surface area contributed by atoms with Gasteiger partial charge in [-0.2, -0.15) is 0 Å². The van der Waals surface area contributed by atoms with Crippen molar-refractivity contribution in [1.82, 2.24) is 0 Å². The maximum atomic E-state index is 5.50. The van der Waals surface area contributed by atoms with E-state index >= 15 is 0 Å². The van der Waals surface area contributed by atoms with Crippen molar-refractivity contribution < 1.29 is 7.58 Å². The van der Waals surface area contributed by atoms with E-state index in [1.54, 1.807) is 0 Å². The Morgan fingerprint density at radius 2 is 1.30 bits per heavy atom. The fraction of sp³-hybridized carbons (Fsp3) is 1.00. The van der Waals surface area contributed by atoms with Gasteiger partial charge in [-0.1, -0.05) is 23.1 Å². The van der Waals surface area contributed by atoms with E-state index in [0.717, 1.165) is 0 Å². The van der Waals surface area contributed by atoms with Crippen molar-refractivity contribution in [2.75, 3.05) is 0 Å². The molecule has 0 unspecified atom stereocenters. The molecular formula is C5H13Al2BO2. The van der Waals surface area contributed by atoms with Crippen molar-refractivity contribution in [3.05, 3.63) is 0 Å². The number of rotatable bonds is 4. The Balaban J connectivity index is 3.34. The molecule has 0 rings (SSSR count). The molecule has 5 heteroatoms. The molecule has 0 amide bonds. The van der Waals surface area contributed by atoms with Crippen LogP contribution in [0.15, 0.2) is 0 Å². The number of hydrogen-bond acceptors (Lipinski definition) is 2. The Labute approximate surface area is 73.8 Å². The molecular weight excluding hydrogens is 157 g/mol. The molecule has 0 heterocycles.